The molecule has 0 fully saturated rings. The summed E-state index contributed by atoms with van der Waals surface area (Å²) >= 11 is 10.7. The Morgan fingerprint density at radius 1 is 1.04 bits per heavy atom. The SMILES string of the molecule is CC.Fc1cc(Nc2nc(Cl)ncc2C(F)(F)F)cc(F)c1Cl. The van der Waals surface area contributed by atoms with Crippen LogP contribution in [-0.4, -0.2) is 9.97 Å². The first-order chi connectivity index (χ1) is 10.7. The number of hydrogen-bond donors (Lipinski definition) is 1. The summed E-state index contributed by atoms with van der Waals surface area (Å²) in [6, 6.07) is 1.45. The second-order valence-corrected chi connectivity index (χ2v) is 4.49. The minimum Gasteiger partial charge on any atom is -0.339 e. The van der Waals surface area contributed by atoms with Gasteiger partial charge < -0.3 is 5.32 Å². The van der Waals surface area contributed by atoms with Crippen molar-refractivity contribution >= 4 is 34.7 Å². The van der Waals surface area contributed by atoms with Gasteiger partial charge in [-0.3, -0.25) is 0 Å². The van der Waals surface area contributed by atoms with E-state index in [0.717, 1.165) is 12.1 Å². The summed E-state index contributed by atoms with van der Waals surface area (Å²) in [4.78, 5) is 6.58. The smallest absolute Gasteiger partial charge is 0.339 e. The van der Waals surface area contributed by atoms with Crippen LogP contribution >= 0.6 is 23.2 Å². The second kappa shape index (κ2) is 7.74. The van der Waals surface area contributed by atoms with Crippen LogP contribution in [-0.2, 0) is 6.18 Å². The molecule has 1 heterocycles. The molecule has 3 nitrogen and oxygen atoms in total. The van der Waals surface area contributed by atoms with E-state index in [1.807, 2.05) is 13.8 Å². The molecule has 0 radical (unpaired) electrons. The van der Waals surface area contributed by atoms with Gasteiger partial charge in [-0.05, 0) is 23.7 Å². The standard InChI is InChI=1S/C11H4Cl2F5N3.C2H6/c12-8-6(14)1-4(2-7(8)15)20-9-5(11(16,17)18)3-19-10(13)21-9;1-2/h1-3H,(H,19,20,21);1-2H3. The van der Waals surface area contributed by atoms with E-state index in [2.05, 4.69) is 15.3 Å². The lowest BCUT2D eigenvalue weighted by Gasteiger charge is -2.13. The van der Waals surface area contributed by atoms with E-state index in [1.54, 1.807) is 0 Å². The molecule has 126 valence electrons. The van der Waals surface area contributed by atoms with Crippen LogP contribution in [0.25, 0.3) is 0 Å². The van der Waals surface area contributed by atoms with Gasteiger partial charge in [0.2, 0.25) is 5.28 Å². The summed E-state index contributed by atoms with van der Waals surface area (Å²) in [6.07, 6.45) is -4.31. The number of alkyl halides is 3. The van der Waals surface area contributed by atoms with Crippen molar-refractivity contribution in [2.24, 2.45) is 0 Å². The van der Waals surface area contributed by atoms with Crippen molar-refractivity contribution in [3.63, 3.8) is 0 Å². The summed E-state index contributed by atoms with van der Waals surface area (Å²) in [6.45, 7) is 4.00. The first-order valence-corrected chi connectivity index (χ1v) is 6.95. The fraction of sp³-hybridized carbons (Fsp3) is 0.231. The largest absolute Gasteiger partial charge is 0.421 e. The van der Waals surface area contributed by atoms with Crippen molar-refractivity contribution in [3.8, 4) is 0 Å². The van der Waals surface area contributed by atoms with E-state index < -0.39 is 39.5 Å². The number of anilines is 2. The molecule has 0 unspecified atom stereocenters. The summed E-state index contributed by atoms with van der Waals surface area (Å²) in [5, 5.41) is 0.910. The van der Waals surface area contributed by atoms with Gasteiger partial charge in [0.05, 0.1) is 0 Å². The minimum absolute atomic E-state index is 0.310. The third-order valence-corrected chi connectivity index (χ3v) is 2.85. The van der Waals surface area contributed by atoms with Gasteiger partial charge in [0.25, 0.3) is 0 Å². The normalized spacial score (nSPS) is 10.8. The molecular formula is C13H10Cl2F5N3. The number of benzene rings is 1. The Labute approximate surface area is 138 Å². The predicted octanol–water partition coefficient (Wildman–Crippen LogP) is 5.85. The zero-order valence-corrected chi connectivity index (χ0v) is 13.3. The number of hydrogen-bond acceptors (Lipinski definition) is 3. The second-order valence-electron chi connectivity index (χ2n) is 3.78. The van der Waals surface area contributed by atoms with Crippen LogP contribution < -0.4 is 5.32 Å². The fourth-order valence-electron chi connectivity index (χ4n) is 1.43. The van der Waals surface area contributed by atoms with Gasteiger partial charge in [-0.25, -0.2) is 13.8 Å². The van der Waals surface area contributed by atoms with Crippen LogP contribution in [0.1, 0.15) is 19.4 Å². The number of rotatable bonds is 2. The molecule has 0 bridgehead atoms. The average Bonchev–Trinajstić information content (AvgIpc) is 2.45. The molecule has 0 atom stereocenters. The van der Waals surface area contributed by atoms with E-state index in [1.165, 1.54) is 0 Å². The third kappa shape index (κ3) is 4.90. The topological polar surface area (TPSA) is 37.8 Å². The maximum Gasteiger partial charge on any atom is 0.421 e. The summed E-state index contributed by atoms with van der Waals surface area (Å²) in [5.74, 6) is -3.00. The summed E-state index contributed by atoms with van der Waals surface area (Å²) < 4.78 is 64.8. The quantitative estimate of drug-likeness (QED) is 0.407. The van der Waals surface area contributed by atoms with Gasteiger partial charge in [-0.15, -0.1) is 0 Å². The highest BCUT2D eigenvalue weighted by Gasteiger charge is 2.35. The number of nitrogens with one attached hydrogen (secondary N) is 1. The molecule has 0 saturated carbocycles. The highest BCUT2D eigenvalue weighted by molar-refractivity contribution is 6.31. The Kier molecular flexibility index (Phi) is 6.52. The molecule has 1 aromatic heterocycles. The van der Waals surface area contributed by atoms with Gasteiger partial charge >= 0.3 is 6.18 Å². The van der Waals surface area contributed by atoms with E-state index in [-0.39, 0.29) is 5.69 Å². The molecule has 0 aliphatic carbocycles. The fourth-order valence-corrected chi connectivity index (χ4v) is 1.67. The molecule has 0 spiro atoms. The third-order valence-electron chi connectivity index (χ3n) is 2.31. The van der Waals surface area contributed by atoms with E-state index in [4.69, 9.17) is 23.2 Å². The highest BCUT2D eigenvalue weighted by Crippen LogP contribution is 2.35. The van der Waals surface area contributed by atoms with Crippen molar-refractivity contribution < 1.29 is 22.0 Å². The Balaban J connectivity index is 0.00000127. The lowest BCUT2D eigenvalue weighted by atomic mass is 10.2. The maximum atomic E-state index is 13.3. The number of aromatic nitrogens is 2. The zero-order chi connectivity index (χ0) is 17.8. The molecule has 2 rings (SSSR count). The number of halogens is 7. The van der Waals surface area contributed by atoms with Crippen molar-refractivity contribution in [1.82, 2.24) is 9.97 Å². The van der Waals surface area contributed by atoms with Crippen LogP contribution in [0, 0.1) is 11.6 Å². The molecule has 0 amide bonds. The van der Waals surface area contributed by atoms with Gasteiger partial charge in [-0.2, -0.15) is 18.2 Å². The molecule has 10 heteroatoms. The highest BCUT2D eigenvalue weighted by atomic mass is 35.5. The van der Waals surface area contributed by atoms with E-state index >= 15 is 0 Å². The summed E-state index contributed by atoms with van der Waals surface area (Å²) in [5.41, 5.74) is -1.54. The van der Waals surface area contributed by atoms with Crippen LogP contribution in [0.3, 0.4) is 0 Å². The summed E-state index contributed by atoms with van der Waals surface area (Å²) in [7, 11) is 0. The predicted molar refractivity (Wildman–Crippen MR) is 78.0 cm³/mol. The van der Waals surface area contributed by atoms with Crippen molar-refractivity contribution in [2.45, 2.75) is 20.0 Å². The Morgan fingerprint density at radius 2 is 1.57 bits per heavy atom. The monoisotopic (exact) mass is 373 g/mol. The van der Waals surface area contributed by atoms with Crippen LogP contribution in [0.15, 0.2) is 18.3 Å². The first-order valence-electron chi connectivity index (χ1n) is 6.20. The molecule has 1 N–H and O–H groups in total. The first kappa shape index (κ1) is 19.4. The van der Waals surface area contributed by atoms with Crippen LogP contribution in [0.4, 0.5) is 33.5 Å². The Bertz CT molecular complexity index is 669. The van der Waals surface area contributed by atoms with Gasteiger partial charge in [0.15, 0.2) is 0 Å². The lowest BCUT2D eigenvalue weighted by Crippen LogP contribution is -2.11. The number of nitrogens with zero attached hydrogens (tertiary/aromatic N) is 2. The van der Waals surface area contributed by atoms with Gasteiger partial charge in [0, 0.05) is 11.9 Å². The molecule has 23 heavy (non-hydrogen) atoms. The Hall–Kier alpha value is -1.67. The Morgan fingerprint density at radius 3 is 2.04 bits per heavy atom. The van der Waals surface area contributed by atoms with Gasteiger partial charge in [-0.1, -0.05) is 25.4 Å². The average molecular weight is 374 g/mol. The molecular weight excluding hydrogens is 364 g/mol. The minimum atomic E-state index is -4.77. The van der Waals surface area contributed by atoms with Gasteiger partial charge in [0.1, 0.15) is 28.0 Å². The molecule has 0 aliphatic rings. The van der Waals surface area contributed by atoms with Crippen molar-refractivity contribution in [3.05, 3.63) is 45.8 Å². The molecule has 1 aromatic carbocycles. The molecule has 0 aliphatic heterocycles. The van der Waals surface area contributed by atoms with Crippen molar-refractivity contribution in [2.75, 3.05) is 5.32 Å². The van der Waals surface area contributed by atoms with Crippen molar-refractivity contribution in [1.29, 1.82) is 0 Å². The zero-order valence-electron chi connectivity index (χ0n) is 11.8. The van der Waals surface area contributed by atoms with Crippen LogP contribution in [0.2, 0.25) is 10.3 Å². The van der Waals surface area contributed by atoms with E-state index in [9.17, 15) is 22.0 Å². The molecule has 2 aromatic rings. The maximum absolute atomic E-state index is 13.3. The van der Waals surface area contributed by atoms with Crippen LogP contribution in [0.5, 0.6) is 0 Å². The lowest BCUT2D eigenvalue weighted by molar-refractivity contribution is -0.137. The molecule has 0 saturated heterocycles. The van der Waals surface area contributed by atoms with E-state index in [0.29, 0.717) is 6.20 Å².